The Morgan fingerprint density at radius 3 is 2.35 bits per heavy atom. The van der Waals surface area contributed by atoms with Gasteiger partial charge < -0.3 is 5.32 Å². The van der Waals surface area contributed by atoms with Crippen LogP contribution in [0.15, 0.2) is 24.3 Å². The highest BCUT2D eigenvalue weighted by atomic mass is 15.2. The molecule has 17 heavy (non-hydrogen) atoms. The SMILES string of the molecule is Cc1ccc(-c2[nH]nc(NC(C)C)c2C)cc1. The molecule has 0 unspecified atom stereocenters. The highest BCUT2D eigenvalue weighted by Gasteiger charge is 2.10. The number of rotatable bonds is 3. The van der Waals surface area contributed by atoms with E-state index in [-0.39, 0.29) is 0 Å². The number of aryl methyl sites for hydroxylation is 1. The Labute approximate surface area is 102 Å². The van der Waals surface area contributed by atoms with Crippen molar-refractivity contribution in [3.8, 4) is 11.3 Å². The summed E-state index contributed by atoms with van der Waals surface area (Å²) in [5.74, 6) is 0.940. The summed E-state index contributed by atoms with van der Waals surface area (Å²) in [6.45, 7) is 8.40. The minimum absolute atomic E-state index is 0.392. The first-order chi connectivity index (χ1) is 8.08. The third kappa shape index (κ3) is 2.49. The standard InChI is InChI=1S/C14H19N3/c1-9(2)15-14-11(4)13(16-17-14)12-7-5-10(3)6-8-12/h5-9H,1-4H3,(H2,15,16,17). The van der Waals surface area contributed by atoms with E-state index in [1.165, 1.54) is 16.7 Å². The summed E-state index contributed by atoms with van der Waals surface area (Å²) in [6.07, 6.45) is 0. The van der Waals surface area contributed by atoms with Crippen molar-refractivity contribution in [3.63, 3.8) is 0 Å². The zero-order valence-electron chi connectivity index (χ0n) is 10.8. The van der Waals surface area contributed by atoms with Crippen LogP contribution in [-0.2, 0) is 0 Å². The Morgan fingerprint density at radius 2 is 1.76 bits per heavy atom. The molecule has 3 heteroatoms. The van der Waals surface area contributed by atoms with Gasteiger partial charge in [-0.1, -0.05) is 29.8 Å². The topological polar surface area (TPSA) is 40.7 Å². The van der Waals surface area contributed by atoms with Crippen LogP contribution in [0.2, 0.25) is 0 Å². The van der Waals surface area contributed by atoms with Crippen LogP contribution in [0.25, 0.3) is 11.3 Å². The van der Waals surface area contributed by atoms with Crippen molar-refractivity contribution >= 4 is 5.82 Å². The molecule has 2 aromatic rings. The predicted molar refractivity (Wildman–Crippen MR) is 72.3 cm³/mol. The van der Waals surface area contributed by atoms with Crippen LogP contribution < -0.4 is 5.32 Å². The van der Waals surface area contributed by atoms with Crippen molar-refractivity contribution in [1.82, 2.24) is 10.2 Å². The molecule has 0 fully saturated rings. The molecule has 0 amide bonds. The van der Waals surface area contributed by atoms with Crippen molar-refractivity contribution in [1.29, 1.82) is 0 Å². The molecule has 1 aromatic heterocycles. The van der Waals surface area contributed by atoms with Crippen molar-refractivity contribution in [2.45, 2.75) is 33.7 Å². The first kappa shape index (κ1) is 11.7. The number of anilines is 1. The summed E-state index contributed by atoms with van der Waals surface area (Å²) in [7, 11) is 0. The third-order valence-corrected chi connectivity index (χ3v) is 2.78. The van der Waals surface area contributed by atoms with Gasteiger partial charge in [0.2, 0.25) is 0 Å². The molecule has 0 aliphatic heterocycles. The van der Waals surface area contributed by atoms with E-state index >= 15 is 0 Å². The third-order valence-electron chi connectivity index (χ3n) is 2.78. The second-order valence-corrected chi connectivity index (χ2v) is 4.74. The number of H-pyrrole nitrogens is 1. The number of nitrogens with zero attached hydrogens (tertiary/aromatic N) is 1. The number of nitrogens with one attached hydrogen (secondary N) is 2. The molecule has 0 spiro atoms. The van der Waals surface area contributed by atoms with Gasteiger partial charge >= 0.3 is 0 Å². The molecule has 3 nitrogen and oxygen atoms in total. The van der Waals surface area contributed by atoms with E-state index in [1.54, 1.807) is 0 Å². The van der Waals surface area contributed by atoms with Crippen molar-refractivity contribution < 1.29 is 0 Å². The smallest absolute Gasteiger partial charge is 0.151 e. The molecule has 2 rings (SSSR count). The molecule has 90 valence electrons. The van der Waals surface area contributed by atoms with Gasteiger partial charge in [-0.05, 0) is 33.3 Å². The number of aromatic nitrogens is 2. The normalized spacial score (nSPS) is 10.9. The van der Waals surface area contributed by atoms with Gasteiger partial charge in [0.05, 0.1) is 5.69 Å². The summed E-state index contributed by atoms with van der Waals surface area (Å²) < 4.78 is 0. The number of hydrogen-bond acceptors (Lipinski definition) is 2. The van der Waals surface area contributed by atoms with Crippen LogP contribution in [0.1, 0.15) is 25.0 Å². The zero-order chi connectivity index (χ0) is 12.4. The second-order valence-electron chi connectivity index (χ2n) is 4.74. The molecule has 1 aromatic carbocycles. The Hall–Kier alpha value is -1.77. The van der Waals surface area contributed by atoms with E-state index < -0.39 is 0 Å². The van der Waals surface area contributed by atoms with Gasteiger partial charge in [0, 0.05) is 11.6 Å². The lowest BCUT2D eigenvalue weighted by atomic mass is 10.1. The van der Waals surface area contributed by atoms with Crippen LogP contribution in [0.4, 0.5) is 5.82 Å². The molecular weight excluding hydrogens is 210 g/mol. The molecule has 0 saturated carbocycles. The van der Waals surface area contributed by atoms with Crippen LogP contribution in [0, 0.1) is 13.8 Å². The molecule has 0 atom stereocenters. The molecule has 2 N–H and O–H groups in total. The maximum Gasteiger partial charge on any atom is 0.151 e. The van der Waals surface area contributed by atoms with Gasteiger partial charge in [-0.2, -0.15) is 5.10 Å². The van der Waals surface area contributed by atoms with E-state index in [9.17, 15) is 0 Å². The van der Waals surface area contributed by atoms with Gasteiger partial charge in [0.25, 0.3) is 0 Å². The van der Waals surface area contributed by atoms with Gasteiger partial charge in [-0.25, -0.2) is 0 Å². The van der Waals surface area contributed by atoms with Gasteiger partial charge in [-0.15, -0.1) is 0 Å². The van der Waals surface area contributed by atoms with E-state index in [4.69, 9.17) is 0 Å². The maximum atomic E-state index is 4.32. The molecular formula is C14H19N3. The number of hydrogen-bond donors (Lipinski definition) is 2. The van der Waals surface area contributed by atoms with E-state index in [2.05, 4.69) is 67.5 Å². The van der Waals surface area contributed by atoms with E-state index in [0.29, 0.717) is 6.04 Å². The average Bonchev–Trinajstić information content (AvgIpc) is 2.61. The summed E-state index contributed by atoms with van der Waals surface area (Å²) in [4.78, 5) is 0. The molecule has 0 radical (unpaired) electrons. The Bertz CT molecular complexity index is 495. The second kappa shape index (κ2) is 4.62. The number of benzene rings is 1. The first-order valence-electron chi connectivity index (χ1n) is 5.96. The fourth-order valence-corrected chi connectivity index (χ4v) is 1.81. The van der Waals surface area contributed by atoms with Gasteiger partial charge in [0.1, 0.15) is 0 Å². The molecule has 0 saturated heterocycles. The largest absolute Gasteiger partial charge is 0.366 e. The Morgan fingerprint density at radius 1 is 1.12 bits per heavy atom. The molecule has 0 bridgehead atoms. The quantitative estimate of drug-likeness (QED) is 0.845. The van der Waals surface area contributed by atoms with Crippen molar-refractivity contribution in [2.75, 3.05) is 5.32 Å². The Kier molecular flexibility index (Phi) is 3.18. The predicted octanol–water partition coefficient (Wildman–Crippen LogP) is 3.51. The minimum atomic E-state index is 0.392. The Balaban J connectivity index is 2.33. The van der Waals surface area contributed by atoms with Crippen molar-refractivity contribution in [2.24, 2.45) is 0 Å². The van der Waals surface area contributed by atoms with Gasteiger partial charge in [0.15, 0.2) is 5.82 Å². The van der Waals surface area contributed by atoms with Crippen LogP contribution >= 0.6 is 0 Å². The summed E-state index contributed by atoms with van der Waals surface area (Å²) in [5.41, 5.74) is 4.71. The van der Waals surface area contributed by atoms with Crippen LogP contribution in [-0.4, -0.2) is 16.2 Å². The highest BCUT2D eigenvalue weighted by molar-refractivity contribution is 5.68. The lowest BCUT2D eigenvalue weighted by Gasteiger charge is -2.07. The summed E-state index contributed by atoms with van der Waals surface area (Å²) in [6, 6.07) is 8.86. The fraction of sp³-hybridized carbons (Fsp3) is 0.357. The summed E-state index contributed by atoms with van der Waals surface area (Å²) >= 11 is 0. The average molecular weight is 229 g/mol. The maximum absolute atomic E-state index is 4.32. The lowest BCUT2D eigenvalue weighted by Crippen LogP contribution is -2.10. The lowest BCUT2D eigenvalue weighted by molar-refractivity contribution is 0.882. The minimum Gasteiger partial charge on any atom is -0.366 e. The fourth-order valence-electron chi connectivity index (χ4n) is 1.81. The highest BCUT2D eigenvalue weighted by Crippen LogP contribution is 2.26. The van der Waals surface area contributed by atoms with E-state index in [0.717, 1.165) is 11.5 Å². The van der Waals surface area contributed by atoms with Crippen molar-refractivity contribution in [3.05, 3.63) is 35.4 Å². The van der Waals surface area contributed by atoms with Gasteiger partial charge in [-0.3, -0.25) is 5.10 Å². The van der Waals surface area contributed by atoms with Crippen LogP contribution in [0.5, 0.6) is 0 Å². The molecule has 1 heterocycles. The van der Waals surface area contributed by atoms with E-state index in [1.807, 2.05) is 0 Å². The first-order valence-corrected chi connectivity index (χ1v) is 5.96. The monoisotopic (exact) mass is 229 g/mol. The molecule has 0 aliphatic carbocycles. The van der Waals surface area contributed by atoms with Crippen LogP contribution in [0.3, 0.4) is 0 Å². The molecule has 0 aliphatic rings. The zero-order valence-corrected chi connectivity index (χ0v) is 10.8. The number of aromatic amines is 1. The summed E-state index contributed by atoms with van der Waals surface area (Å²) in [5, 5.41) is 10.8.